The lowest BCUT2D eigenvalue weighted by atomic mass is 10.2. The van der Waals surface area contributed by atoms with Gasteiger partial charge in [-0.3, -0.25) is 4.79 Å². The number of fused-ring (bicyclic) bond motifs is 1. The number of hydrogen-bond acceptors (Lipinski definition) is 3. The molecule has 0 unspecified atom stereocenters. The summed E-state index contributed by atoms with van der Waals surface area (Å²) < 4.78 is 13.9. The molecule has 2 N–H and O–H groups in total. The molecule has 0 radical (unpaired) electrons. The number of anilines is 1. The van der Waals surface area contributed by atoms with Gasteiger partial charge in [-0.2, -0.15) is 0 Å². The second kappa shape index (κ2) is 6.14. The van der Waals surface area contributed by atoms with E-state index in [4.69, 9.17) is 0 Å². The molecule has 0 atom stereocenters. The van der Waals surface area contributed by atoms with Gasteiger partial charge in [0.1, 0.15) is 16.5 Å². The van der Waals surface area contributed by atoms with E-state index in [0.29, 0.717) is 22.0 Å². The Hall–Kier alpha value is -2.99. The number of carbonyl (C=O) groups is 1. The van der Waals surface area contributed by atoms with Crippen molar-refractivity contribution in [2.24, 2.45) is 0 Å². The van der Waals surface area contributed by atoms with Crippen molar-refractivity contribution in [2.45, 2.75) is 6.92 Å². The maximum Gasteiger partial charge on any atom is 0.275 e. The van der Waals surface area contributed by atoms with Gasteiger partial charge in [0.2, 0.25) is 0 Å². The minimum Gasteiger partial charge on any atom is -0.361 e. The Morgan fingerprint density at radius 2 is 2.04 bits per heavy atom. The molecule has 124 valence electrons. The summed E-state index contributed by atoms with van der Waals surface area (Å²) in [4.78, 5) is 20.8. The van der Waals surface area contributed by atoms with Crippen LogP contribution in [0, 0.1) is 12.7 Å². The molecular formula is C19H14FN3OS. The van der Waals surface area contributed by atoms with Gasteiger partial charge in [-0.15, -0.1) is 11.3 Å². The lowest BCUT2D eigenvalue weighted by Gasteiger charge is -2.04. The summed E-state index contributed by atoms with van der Waals surface area (Å²) in [7, 11) is 0. The number of H-pyrrole nitrogens is 1. The normalized spacial score (nSPS) is 11.0. The molecule has 4 aromatic rings. The molecule has 1 amide bonds. The summed E-state index contributed by atoms with van der Waals surface area (Å²) in [6.07, 6.45) is 1.85. The molecule has 2 aromatic carbocycles. The number of nitrogens with one attached hydrogen (secondary N) is 2. The lowest BCUT2D eigenvalue weighted by Crippen LogP contribution is -2.13. The van der Waals surface area contributed by atoms with Crippen molar-refractivity contribution in [1.82, 2.24) is 9.97 Å². The van der Waals surface area contributed by atoms with Crippen molar-refractivity contribution in [3.8, 4) is 10.6 Å². The second-order valence-electron chi connectivity index (χ2n) is 5.64. The van der Waals surface area contributed by atoms with E-state index in [1.54, 1.807) is 18.2 Å². The Morgan fingerprint density at radius 3 is 2.88 bits per heavy atom. The second-order valence-corrected chi connectivity index (χ2v) is 6.84. The largest absolute Gasteiger partial charge is 0.361 e. The van der Waals surface area contributed by atoms with Gasteiger partial charge in [0.15, 0.2) is 0 Å². The van der Waals surface area contributed by atoms with Gasteiger partial charge in [0.05, 0.1) is 0 Å². The van der Waals surface area contributed by atoms with Crippen LogP contribution in [0.4, 0.5) is 10.1 Å². The fourth-order valence-corrected chi connectivity index (χ4v) is 3.61. The average Bonchev–Trinajstić information content (AvgIpc) is 3.21. The first-order valence-corrected chi connectivity index (χ1v) is 8.54. The third-order valence-electron chi connectivity index (χ3n) is 3.93. The molecular weight excluding hydrogens is 337 g/mol. The maximum absolute atomic E-state index is 13.9. The maximum atomic E-state index is 13.9. The minimum atomic E-state index is -0.347. The molecule has 0 aliphatic carbocycles. The van der Waals surface area contributed by atoms with Gasteiger partial charge in [0, 0.05) is 27.8 Å². The first-order chi connectivity index (χ1) is 12.1. The molecule has 0 saturated heterocycles. The van der Waals surface area contributed by atoms with Crippen LogP contribution in [0.1, 0.15) is 15.4 Å². The highest BCUT2D eigenvalue weighted by Crippen LogP contribution is 2.30. The Bertz CT molecular complexity index is 1080. The predicted octanol–water partition coefficient (Wildman–Crippen LogP) is 4.99. The lowest BCUT2D eigenvalue weighted by molar-refractivity contribution is 0.102. The monoisotopic (exact) mass is 351 g/mol. The van der Waals surface area contributed by atoms with Crippen molar-refractivity contribution in [3.63, 3.8) is 0 Å². The van der Waals surface area contributed by atoms with Gasteiger partial charge in [0.25, 0.3) is 5.91 Å². The van der Waals surface area contributed by atoms with E-state index in [-0.39, 0.29) is 11.7 Å². The summed E-state index contributed by atoms with van der Waals surface area (Å²) in [6.45, 7) is 1.81. The zero-order valence-corrected chi connectivity index (χ0v) is 14.2. The first-order valence-electron chi connectivity index (χ1n) is 7.72. The van der Waals surface area contributed by atoms with Gasteiger partial charge >= 0.3 is 0 Å². The van der Waals surface area contributed by atoms with Crippen molar-refractivity contribution in [1.29, 1.82) is 0 Å². The number of benzene rings is 2. The number of thiazole rings is 1. The topological polar surface area (TPSA) is 57.8 Å². The number of hydrogen-bond donors (Lipinski definition) is 2. The summed E-state index contributed by atoms with van der Waals surface area (Å²) in [5.41, 5.74) is 2.34. The van der Waals surface area contributed by atoms with E-state index in [0.717, 1.165) is 15.8 Å². The van der Waals surface area contributed by atoms with Crippen LogP contribution in [0.25, 0.3) is 21.5 Å². The first kappa shape index (κ1) is 15.5. The minimum absolute atomic E-state index is 0.303. The van der Waals surface area contributed by atoms with E-state index >= 15 is 0 Å². The fraction of sp³-hybridized carbons (Fsp3) is 0.0526. The third kappa shape index (κ3) is 2.92. The number of rotatable bonds is 3. The van der Waals surface area contributed by atoms with Crippen LogP contribution in [0.15, 0.2) is 54.7 Å². The van der Waals surface area contributed by atoms with Crippen molar-refractivity contribution in [2.75, 3.05) is 5.32 Å². The van der Waals surface area contributed by atoms with Crippen LogP contribution >= 0.6 is 11.3 Å². The van der Waals surface area contributed by atoms with Crippen molar-refractivity contribution < 1.29 is 9.18 Å². The Balaban J connectivity index is 1.63. The van der Waals surface area contributed by atoms with Crippen molar-refractivity contribution >= 4 is 33.8 Å². The molecule has 4 nitrogen and oxygen atoms in total. The quantitative estimate of drug-likeness (QED) is 0.546. The van der Waals surface area contributed by atoms with E-state index in [1.165, 1.54) is 17.4 Å². The Kier molecular flexibility index (Phi) is 3.82. The van der Waals surface area contributed by atoms with E-state index < -0.39 is 0 Å². The summed E-state index contributed by atoms with van der Waals surface area (Å²) >= 11 is 1.31. The molecule has 6 heteroatoms. The SMILES string of the molecule is Cc1sc(-c2ccccc2F)nc1C(=O)Nc1ccc2cc[nH]c2c1. The van der Waals surface area contributed by atoms with E-state index in [9.17, 15) is 9.18 Å². The summed E-state index contributed by atoms with van der Waals surface area (Å²) in [6, 6.07) is 14.0. The highest BCUT2D eigenvalue weighted by Gasteiger charge is 2.18. The molecule has 25 heavy (non-hydrogen) atoms. The van der Waals surface area contributed by atoms with Crippen LogP contribution in [0.3, 0.4) is 0 Å². The molecule has 4 rings (SSSR count). The molecule has 0 spiro atoms. The molecule has 2 heterocycles. The van der Waals surface area contributed by atoms with Gasteiger partial charge in [-0.1, -0.05) is 18.2 Å². The zero-order chi connectivity index (χ0) is 17.4. The molecule has 2 aromatic heterocycles. The van der Waals surface area contributed by atoms with E-state index in [2.05, 4.69) is 15.3 Å². The van der Waals surface area contributed by atoms with Crippen molar-refractivity contribution in [3.05, 3.63) is 71.1 Å². The highest BCUT2D eigenvalue weighted by molar-refractivity contribution is 7.15. The van der Waals surface area contributed by atoms with Crippen LogP contribution < -0.4 is 5.32 Å². The molecule has 0 aliphatic rings. The Morgan fingerprint density at radius 1 is 1.20 bits per heavy atom. The number of aromatic amines is 1. The van der Waals surface area contributed by atoms with Gasteiger partial charge in [-0.05, 0) is 42.6 Å². The Labute approximate surface area is 147 Å². The summed E-state index contributed by atoms with van der Waals surface area (Å²) in [5, 5.41) is 4.43. The number of nitrogens with zero attached hydrogens (tertiary/aromatic N) is 1. The summed E-state index contributed by atoms with van der Waals surface area (Å²) in [5.74, 6) is -0.650. The number of halogens is 1. The van der Waals surface area contributed by atoms with Crippen LogP contribution in [0.5, 0.6) is 0 Å². The van der Waals surface area contributed by atoms with Gasteiger partial charge < -0.3 is 10.3 Å². The molecule has 0 fully saturated rings. The van der Waals surface area contributed by atoms with Gasteiger partial charge in [-0.25, -0.2) is 9.37 Å². The predicted molar refractivity (Wildman–Crippen MR) is 98.5 cm³/mol. The number of aryl methyl sites for hydroxylation is 1. The highest BCUT2D eigenvalue weighted by atomic mass is 32.1. The fourth-order valence-electron chi connectivity index (χ4n) is 2.67. The van der Waals surface area contributed by atoms with Crippen LogP contribution in [-0.2, 0) is 0 Å². The third-order valence-corrected chi connectivity index (χ3v) is 4.93. The standard InChI is InChI=1S/C19H14FN3OS/c1-11-17(23-19(25-11)14-4-2-3-5-15(14)20)18(24)22-13-7-6-12-8-9-21-16(12)10-13/h2-10,21H,1H3,(H,22,24). The average molecular weight is 351 g/mol. The number of amides is 1. The van der Waals surface area contributed by atoms with E-state index in [1.807, 2.05) is 37.4 Å². The number of carbonyl (C=O) groups excluding carboxylic acids is 1. The zero-order valence-electron chi connectivity index (χ0n) is 13.3. The number of aromatic nitrogens is 2. The molecule has 0 bridgehead atoms. The van der Waals surface area contributed by atoms with Crippen LogP contribution in [0.2, 0.25) is 0 Å². The smallest absolute Gasteiger partial charge is 0.275 e. The van der Waals surface area contributed by atoms with Crippen LogP contribution in [-0.4, -0.2) is 15.9 Å². The molecule has 0 saturated carbocycles. The molecule has 0 aliphatic heterocycles.